The number of carbonyl (C=O) groups excluding carboxylic acids is 1. The average molecular weight is 324 g/mol. The summed E-state index contributed by atoms with van der Waals surface area (Å²) in [7, 11) is 3.73. The third kappa shape index (κ3) is 3.54. The van der Waals surface area contributed by atoms with Crippen molar-refractivity contribution in [1.29, 1.82) is 0 Å². The molecule has 0 aromatic carbocycles. The summed E-state index contributed by atoms with van der Waals surface area (Å²) in [6.07, 6.45) is 3.25. The number of amides is 1. The normalized spacial score (nSPS) is 10.4. The largest absolute Gasteiger partial charge is 0.363 e. The van der Waals surface area contributed by atoms with Gasteiger partial charge in [-0.15, -0.1) is 0 Å². The average Bonchev–Trinajstić information content (AvgIpc) is 3.09. The number of nitrogens with zero attached hydrogens (tertiary/aromatic N) is 5. The van der Waals surface area contributed by atoms with Gasteiger partial charge < -0.3 is 14.7 Å². The number of rotatable bonds is 5. The van der Waals surface area contributed by atoms with E-state index in [0.29, 0.717) is 28.8 Å². The van der Waals surface area contributed by atoms with Crippen LogP contribution < -0.4 is 10.2 Å². The van der Waals surface area contributed by atoms with E-state index in [1.54, 1.807) is 36.7 Å². The fourth-order valence-corrected chi connectivity index (χ4v) is 1.99. The van der Waals surface area contributed by atoms with E-state index in [-0.39, 0.29) is 12.5 Å². The van der Waals surface area contributed by atoms with Crippen LogP contribution in [0, 0.1) is 0 Å². The number of carbonyl (C=O) groups is 1. The van der Waals surface area contributed by atoms with Crippen molar-refractivity contribution in [2.75, 3.05) is 19.0 Å². The predicted molar refractivity (Wildman–Crippen MR) is 87.3 cm³/mol. The first-order valence-corrected chi connectivity index (χ1v) is 7.29. The van der Waals surface area contributed by atoms with Crippen molar-refractivity contribution in [2.45, 2.75) is 6.54 Å². The van der Waals surface area contributed by atoms with Gasteiger partial charge in [0, 0.05) is 32.1 Å². The van der Waals surface area contributed by atoms with Crippen molar-refractivity contribution in [3.8, 4) is 11.5 Å². The Bertz CT molecular complexity index is 831. The zero-order valence-corrected chi connectivity index (χ0v) is 13.3. The van der Waals surface area contributed by atoms with E-state index in [1.807, 2.05) is 25.1 Å². The molecule has 0 spiro atoms. The van der Waals surface area contributed by atoms with Crippen LogP contribution in [0.1, 0.15) is 16.2 Å². The number of hydrogen-bond acceptors (Lipinski definition) is 7. The van der Waals surface area contributed by atoms with Crippen LogP contribution in [0.2, 0.25) is 0 Å². The number of anilines is 1. The number of nitrogens with one attached hydrogen (secondary N) is 1. The van der Waals surface area contributed by atoms with Crippen molar-refractivity contribution in [3.05, 3.63) is 54.2 Å². The maximum Gasteiger partial charge on any atom is 0.251 e. The highest BCUT2D eigenvalue weighted by atomic mass is 16.5. The minimum absolute atomic E-state index is 0.137. The summed E-state index contributed by atoms with van der Waals surface area (Å²) in [5.41, 5.74) is 1.13. The van der Waals surface area contributed by atoms with Crippen LogP contribution in [0.3, 0.4) is 0 Å². The monoisotopic (exact) mass is 324 g/mol. The van der Waals surface area contributed by atoms with Gasteiger partial charge in [0.2, 0.25) is 11.7 Å². The lowest BCUT2D eigenvalue weighted by Crippen LogP contribution is -2.23. The van der Waals surface area contributed by atoms with Gasteiger partial charge in [-0.3, -0.25) is 9.78 Å². The van der Waals surface area contributed by atoms with E-state index < -0.39 is 0 Å². The molecule has 0 aliphatic heterocycles. The van der Waals surface area contributed by atoms with Gasteiger partial charge in [-0.05, 0) is 24.3 Å². The van der Waals surface area contributed by atoms with E-state index in [9.17, 15) is 4.79 Å². The van der Waals surface area contributed by atoms with Gasteiger partial charge in [0.05, 0.1) is 6.54 Å². The SMILES string of the molecule is CN(C)c1cc(C(=O)NCc2nc(-c3ccccn3)no2)ccn1. The highest BCUT2D eigenvalue weighted by molar-refractivity contribution is 5.94. The summed E-state index contributed by atoms with van der Waals surface area (Å²) < 4.78 is 5.13. The predicted octanol–water partition coefficient (Wildman–Crippen LogP) is 1.52. The number of hydrogen-bond donors (Lipinski definition) is 1. The molecule has 0 fully saturated rings. The third-order valence-electron chi connectivity index (χ3n) is 3.23. The molecule has 3 rings (SSSR count). The van der Waals surface area contributed by atoms with Crippen molar-refractivity contribution in [3.63, 3.8) is 0 Å². The Labute approximate surface area is 138 Å². The molecule has 0 atom stereocenters. The molecule has 3 aromatic heterocycles. The maximum atomic E-state index is 12.2. The van der Waals surface area contributed by atoms with Crippen LogP contribution in [0.5, 0.6) is 0 Å². The molecular formula is C16H16N6O2. The van der Waals surface area contributed by atoms with Crippen molar-refractivity contribution < 1.29 is 9.32 Å². The molecule has 8 heteroatoms. The Kier molecular flexibility index (Phi) is 4.46. The minimum Gasteiger partial charge on any atom is -0.363 e. The van der Waals surface area contributed by atoms with E-state index in [0.717, 1.165) is 0 Å². The second kappa shape index (κ2) is 6.86. The Balaban J connectivity index is 1.65. The van der Waals surface area contributed by atoms with Crippen LogP contribution >= 0.6 is 0 Å². The molecule has 0 unspecified atom stereocenters. The number of pyridine rings is 2. The van der Waals surface area contributed by atoms with Gasteiger partial charge in [0.15, 0.2) is 0 Å². The molecule has 0 saturated heterocycles. The molecule has 0 bridgehead atoms. The summed E-state index contributed by atoms with van der Waals surface area (Å²) in [5, 5.41) is 6.60. The summed E-state index contributed by atoms with van der Waals surface area (Å²) in [6.45, 7) is 0.137. The quantitative estimate of drug-likeness (QED) is 0.760. The smallest absolute Gasteiger partial charge is 0.251 e. The highest BCUT2D eigenvalue weighted by Gasteiger charge is 2.12. The van der Waals surface area contributed by atoms with Gasteiger partial charge in [0.1, 0.15) is 11.5 Å². The van der Waals surface area contributed by atoms with Crippen LogP contribution in [0.15, 0.2) is 47.2 Å². The van der Waals surface area contributed by atoms with E-state index in [1.165, 1.54) is 0 Å². The van der Waals surface area contributed by atoms with Crippen molar-refractivity contribution >= 4 is 11.7 Å². The first-order chi connectivity index (χ1) is 11.6. The molecule has 0 radical (unpaired) electrons. The second-order valence-corrected chi connectivity index (χ2v) is 5.21. The topological polar surface area (TPSA) is 97.0 Å². The molecule has 24 heavy (non-hydrogen) atoms. The van der Waals surface area contributed by atoms with Crippen LogP contribution in [0.25, 0.3) is 11.5 Å². The van der Waals surface area contributed by atoms with Gasteiger partial charge in [-0.2, -0.15) is 4.98 Å². The lowest BCUT2D eigenvalue weighted by molar-refractivity contribution is 0.0946. The summed E-state index contributed by atoms with van der Waals surface area (Å²) in [6, 6.07) is 8.79. The lowest BCUT2D eigenvalue weighted by Gasteiger charge is -2.11. The highest BCUT2D eigenvalue weighted by Crippen LogP contribution is 2.12. The fourth-order valence-electron chi connectivity index (χ4n) is 1.99. The molecule has 8 nitrogen and oxygen atoms in total. The molecule has 3 aromatic rings. The van der Waals surface area contributed by atoms with Crippen molar-refractivity contribution in [1.82, 2.24) is 25.4 Å². The first-order valence-electron chi connectivity index (χ1n) is 7.29. The Morgan fingerprint density at radius 2 is 2.08 bits per heavy atom. The molecule has 1 N–H and O–H groups in total. The van der Waals surface area contributed by atoms with Crippen LogP contribution in [-0.4, -0.2) is 40.1 Å². The Morgan fingerprint density at radius 3 is 2.83 bits per heavy atom. The van der Waals surface area contributed by atoms with Crippen LogP contribution in [-0.2, 0) is 6.54 Å². The maximum absolute atomic E-state index is 12.2. The molecule has 122 valence electrons. The van der Waals surface area contributed by atoms with Crippen LogP contribution in [0.4, 0.5) is 5.82 Å². The molecule has 3 heterocycles. The van der Waals surface area contributed by atoms with E-state index in [4.69, 9.17) is 4.52 Å². The zero-order chi connectivity index (χ0) is 16.9. The van der Waals surface area contributed by atoms with Gasteiger partial charge >= 0.3 is 0 Å². The molecule has 1 amide bonds. The fraction of sp³-hybridized carbons (Fsp3) is 0.188. The van der Waals surface area contributed by atoms with Gasteiger partial charge in [0.25, 0.3) is 5.91 Å². The first kappa shape index (κ1) is 15.6. The van der Waals surface area contributed by atoms with Gasteiger partial charge in [-0.1, -0.05) is 11.2 Å². The molecule has 0 aliphatic rings. The molecular weight excluding hydrogens is 308 g/mol. The summed E-state index contributed by atoms with van der Waals surface area (Å²) in [5.74, 6) is 1.17. The number of aromatic nitrogens is 4. The zero-order valence-electron chi connectivity index (χ0n) is 13.3. The van der Waals surface area contributed by atoms with Gasteiger partial charge in [-0.25, -0.2) is 4.98 Å². The van der Waals surface area contributed by atoms with E-state index in [2.05, 4.69) is 25.4 Å². The second-order valence-electron chi connectivity index (χ2n) is 5.21. The summed E-state index contributed by atoms with van der Waals surface area (Å²) in [4.78, 5) is 26.6. The molecule has 0 aliphatic carbocycles. The summed E-state index contributed by atoms with van der Waals surface area (Å²) >= 11 is 0. The Hall–Kier alpha value is -3.29. The molecule has 0 saturated carbocycles. The van der Waals surface area contributed by atoms with Crippen molar-refractivity contribution in [2.24, 2.45) is 0 Å². The third-order valence-corrected chi connectivity index (χ3v) is 3.23. The Morgan fingerprint density at radius 1 is 1.21 bits per heavy atom. The standard InChI is InChI=1S/C16H16N6O2/c1-22(2)13-9-11(6-8-18-13)16(23)19-10-14-20-15(21-24-14)12-5-3-4-7-17-12/h3-9H,10H2,1-2H3,(H,19,23). The lowest BCUT2D eigenvalue weighted by atomic mass is 10.2. The minimum atomic E-state index is -0.238. The van der Waals surface area contributed by atoms with E-state index >= 15 is 0 Å².